The number of aliphatic carboxylic acids is 1. The van der Waals surface area contributed by atoms with Gasteiger partial charge in [-0.05, 0) is 6.92 Å². The Morgan fingerprint density at radius 1 is 1.64 bits per heavy atom. The van der Waals surface area contributed by atoms with Crippen LogP contribution >= 0.6 is 15.9 Å². The fourth-order valence-corrected chi connectivity index (χ4v) is 0.718. The maximum Gasteiger partial charge on any atom is 0.317 e. The molecule has 11 heavy (non-hydrogen) atoms. The highest BCUT2D eigenvalue weighted by molar-refractivity contribution is 9.10. The van der Waals surface area contributed by atoms with Crippen LogP contribution in [-0.4, -0.2) is 28.5 Å². The van der Waals surface area contributed by atoms with Gasteiger partial charge in [0.15, 0.2) is 0 Å². The number of rotatable bonds is 4. The molecule has 0 fully saturated rings. The van der Waals surface area contributed by atoms with E-state index < -0.39 is 16.8 Å². The molecule has 0 aromatic rings. The van der Waals surface area contributed by atoms with Crippen LogP contribution < -0.4 is 0 Å². The van der Waals surface area contributed by atoms with Gasteiger partial charge in [-0.2, -0.15) is 0 Å². The molecule has 0 aromatic heterocycles. The molecule has 0 aliphatic heterocycles. The summed E-state index contributed by atoms with van der Waals surface area (Å²) in [6.07, 6.45) is -0.136. The third kappa shape index (κ3) is 4.78. The topological polar surface area (TPSA) is 63.6 Å². The highest BCUT2D eigenvalue weighted by atomic mass is 79.9. The summed E-state index contributed by atoms with van der Waals surface area (Å²) < 4.78 is 4.53. The SMILES string of the molecule is CCOC(=O)CC(Br)C(=O)O. The van der Waals surface area contributed by atoms with E-state index in [9.17, 15) is 9.59 Å². The number of carbonyl (C=O) groups is 2. The van der Waals surface area contributed by atoms with Gasteiger partial charge in [-0.15, -0.1) is 0 Å². The summed E-state index contributed by atoms with van der Waals surface area (Å²) in [5.41, 5.74) is 0. The standard InChI is InChI=1S/C6H9BrO4/c1-2-11-5(8)3-4(7)6(9)10/h4H,2-3H2,1H3,(H,9,10). The fourth-order valence-electron chi connectivity index (χ4n) is 0.454. The highest BCUT2D eigenvalue weighted by Crippen LogP contribution is 2.05. The molecule has 4 nitrogen and oxygen atoms in total. The smallest absolute Gasteiger partial charge is 0.317 e. The van der Waals surface area contributed by atoms with Crippen LogP contribution in [0, 0.1) is 0 Å². The Hall–Kier alpha value is -0.580. The first kappa shape index (κ1) is 10.4. The molecule has 1 unspecified atom stereocenters. The number of carbonyl (C=O) groups excluding carboxylic acids is 1. The van der Waals surface area contributed by atoms with Gasteiger partial charge in [-0.25, -0.2) is 0 Å². The minimum atomic E-state index is -1.06. The second-order valence-corrected chi connectivity index (χ2v) is 2.92. The third-order valence-electron chi connectivity index (χ3n) is 0.919. The number of carboxylic acid groups (broad SMARTS) is 1. The lowest BCUT2D eigenvalue weighted by atomic mass is 10.3. The molecule has 1 atom stereocenters. The maximum atomic E-state index is 10.6. The summed E-state index contributed by atoms with van der Waals surface area (Å²) in [4.78, 5) is 20.0. The molecule has 0 aliphatic carbocycles. The molecule has 0 aromatic carbocycles. The van der Waals surface area contributed by atoms with Gasteiger partial charge in [0, 0.05) is 0 Å². The molecule has 0 aliphatic rings. The number of hydrogen-bond donors (Lipinski definition) is 1. The Morgan fingerprint density at radius 3 is 2.55 bits per heavy atom. The summed E-state index contributed by atoms with van der Waals surface area (Å²) in [6, 6.07) is 0. The molecule has 0 saturated heterocycles. The molecule has 64 valence electrons. The first-order chi connectivity index (χ1) is 5.07. The summed E-state index contributed by atoms with van der Waals surface area (Å²) in [6.45, 7) is 1.94. The Labute approximate surface area is 72.7 Å². The van der Waals surface area contributed by atoms with E-state index >= 15 is 0 Å². The van der Waals surface area contributed by atoms with E-state index in [4.69, 9.17) is 5.11 Å². The molecule has 0 rings (SSSR count). The Balaban J connectivity index is 3.66. The Morgan fingerprint density at radius 2 is 2.18 bits per heavy atom. The van der Waals surface area contributed by atoms with E-state index in [0.29, 0.717) is 0 Å². The quantitative estimate of drug-likeness (QED) is 0.567. The van der Waals surface area contributed by atoms with Crippen LogP contribution in [0.5, 0.6) is 0 Å². The summed E-state index contributed by atoms with van der Waals surface area (Å²) in [7, 11) is 0. The number of carboxylic acids is 1. The number of alkyl halides is 1. The monoisotopic (exact) mass is 224 g/mol. The first-order valence-electron chi connectivity index (χ1n) is 3.10. The third-order valence-corrected chi connectivity index (χ3v) is 1.63. The van der Waals surface area contributed by atoms with Gasteiger partial charge in [0.25, 0.3) is 0 Å². The van der Waals surface area contributed by atoms with Crippen molar-refractivity contribution in [3.05, 3.63) is 0 Å². The molecule has 5 heteroatoms. The van der Waals surface area contributed by atoms with E-state index in [0.717, 1.165) is 0 Å². The highest BCUT2D eigenvalue weighted by Gasteiger charge is 2.17. The molecule has 0 bridgehead atoms. The molecular weight excluding hydrogens is 216 g/mol. The second-order valence-electron chi connectivity index (χ2n) is 1.81. The zero-order valence-electron chi connectivity index (χ0n) is 6.04. The van der Waals surface area contributed by atoms with E-state index in [-0.39, 0.29) is 13.0 Å². The van der Waals surface area contributed by atoms with Crippen LogP contribution in [-0.2, 0) is 14.3 Å². The zero-order chi connectivity index (χ0) is 8.85. The van der Waals surface area contributed by atoms with Gasteiger partial charge in [-0.3, -0.25) is 9.59 Å². The van der Waals surface area contributed by atoms with Crippen molar-refractivity contribution >= 4 is 27.9 Å². The van der Waals surface area contributed by atoms with Crippen LogP contribution in [0.4, 0.5) is 0 Å². The predicted octanol–water partition coefficient (Wildman–Crippen LogP) is 0.788. The van der Waals surface area contributed by atoms with Crippen LogP contribution in [0.3, 0.4) is 0 Å². The number of hydrogen-bond acceptors (Lipinski definition) is 3. The summed E-state index contributed by atoms with van der Waals surface area (Å²) in [5, 5.41) is 8.34. The average molecular weight is 225 g/mol. The minimum absolute atomic E-state index is 0.136. The molecule has 0 heterocycles. The van der Waals surface area contributed by atoms with Gasteiger partial charge >= 0.3 is 11.9 Å². The lowest BCUT2D eigenvalue weighted by Gasteiger charge is -2.02. The lowest BCUT2D eigenvalue weighted by Crippen LogP contribution is -2.18. The normalized spacial score (nSPS) is 12.2. The fraction of sp³-hybridized carbons (Fsp3) is 0.667. The summed E-state index contributed by atoms with van der Waals surface area (Å²) in [5.74, 6) is -1.56. The van der Waals surface area contributed by atoms with Gasteiger partial charge in [0.05, 0.1) is 13.0 Å². The van der Waals surface area contributed by atoms with Gasteiger partial charge in [0.1, 0.15) is 4.83 Å². The lowest BCUT2D eigenvalue weighted by molar-refractivity contribution is -0.146. The van der Waals surface area contributed by atoms with Crippen molar-refractivity contribution in [3.8, 4) is 0 Å². The van der Waals surface area contributed by atoms with Gasteiger partial charge in [-0.1, -0.05) is 15.9 Å². The molecule has 0 spiro atoms. The summed E-state index contributed by atoms with van der Waals surface area (Å²) >= 11 is 2.81. The second kappa shape index (κ2) is 5.12. The van der Waals surface area contributed by atoms with Crippen molar-refractivity contribution in [3.63, 3.8) is 0 Å². The Bertz CT molecular complexity index is 157. The molecule has 1 N–H and O–H groups in total. The molecule has 0 radical (unpaired) electrons. The van der Waals surface area contributed by atoms with E-state index in [1.54, 1.807) is 6.92 Å². The van der Waals surface area contributed by atoms with Crippen molar-refractivity contribution < 1.29 is 19.4 Å². The van der Waals surface area contributed by atoms with Crippen LogP contribution in [0.15, 0.2) is 0 Å². The van der Waals surface area contributed by atoms with E-state index in [1.165, 1.54) is 0 Å². The van der Waals surface area contributed by atoms with Crippen molar-refractivity contribution in [2.45, 2.75) is 18.2 Å². The van der Waals surface area contributed by atoms with Crippen molar-refractivity contribution in [1.82, 2.24) is 0 Å². The number of ether oxygens (including phenoxy) is 1. The molecular formula is C6H9BrO4. The Kier molecular flexibility index (Phi) is 4.85. The zero-order valence-corrected chi connectivity index (χ0v) is 7.63. The minimum Gasteiger partial charge on any atom is -0.480 e. The maximum absolute atomic E-state index is 10.6. The van der Waals surface area contributed by atoms with Crippen LogP contribution in [0.25, 0.3) is 0 Å². The number of esters is 1. The molecule has 0 saturated carbocycles. The van der Waals surface area contributed by atoms with Crippen molar-refractivity contribution in [1.29, 1.82) is 0 Å². The average Bonchev–Trinajstić information content (AvgIpc) is 1.87. The van der Waals surface area contributed by atoms with Crippen molar-refractivity contribution in [2.24, 2.45) is 0 Å². The van der Waals surface area contributed by atoms with E-state index in [2.05, 4.69) is 20.7 Å². The van der Waals surface area contributed by atoms with Crippen LogP contribution in [0.2, 0.25) is 0 Å². The van der Waals surface area contributed by atoms with Crippen molar-refractivity contribution in [2.75, 3.05) is 6.61 Å². The molecule has 0 amide bonds. The van der Waals surface area contributed by atoms with Gasteiger partial charge in [0.2, 0.25) is 0 Å². The first-order valence-corrected chi connectivity index (χ1v) is 4.02. The largest absolute Gasteiger partial charge is 0.480 e. The van der Waals surface area contributed by atoms with Crippen LogP contribution in [0.1, 0.15) is 13.3 Å². The van der Waals surface area contributed by atoms with E-state index in [1.807, 2.05) is 0 Å². The number of halogens is 1. The predicted molar refractivity (Wildman–Crippen MR) is 41.6 cm³/mol. The van der Waals surface area contributed by atoms with Gasteiger partial charge < -0.3 is 9.84 Å².